The van der Waals surface area contributed by atoms with Gasteiger partial charge < -0.3 is 24.5 Å². The average Bonchev–Trinajstić information content (AvgIpc) is 3.34. The van der Waals surface area contributed by atoms with Gasteiger partial charge in [-0.1, -0.05) is 57.2 Å². The number of nitrogens with zero attached hydrogens (tertiary/aromatic N) is 4. The van der Waals surface area contributed by atoms with E-state index in [-0.39, 0.29) is 31.1 Å². The van der Waals surface area contributed by atoms with Gasteiger partial charge in [-0.2, -0.15) is 5.26 Å². The van der Waals surface area contributed by atoms with E-state index >= 15 is 0 Å². The second kappa shape index (κ2) is 12.4. The Bertz CT molecular complexity index is 1240. The van der Waals surface area contributed by atoms with Gasteiger partial charge in [-0.3, -0.25) is 9.59 Å². The van der Waals surface area contributed by atoms with Crippen LogP contribution in [0.3, 0.4) is 0 Å². The van der Waals surface area contributed by atoms with Crippen LogP contribution in [0.4, 0.5) is 5.69 Å². The van der Waals surface area contributed by atoms with Gasteiger partial charge in [0, 0.05) is 50.4 Å². The number of hydrogen-bond acceptors (Lipinski definition) is 6. The number of fused-ring (bicyclic) bond motifs is 1. The lowest BCUT2D eigenvalue weighted by Crippen LogP contribution is -2.64. The molecule has 0 aromatic heterocycles. The number of amides is 2. The van der Waals surface area contributed by atoms with Crippen LogP contribution < -0.4 is 4.90 Å². The zero-order chi connectivity index (χ0) is 28.1. The molecule has 3 heterocycles. The summed E-state index contributed by atoms with van der Waals surface area (Å²) in [5.74, 6) is -0.364. The van der Waals surface area contributed by atoms with Gasteiger partial charge in [-0.15, -0.1) is 0 Å². The maximum atomic E-state index is 13.1. The van der Waals surface area contributed by atoms with E-state index in [1.807, 2.05) is 24.3 Å². The lowest BCUT2D eigenvalue weighted by Gasteiger charge is -2.42. The third-order valence-corrected chi connectivity index (χ3v) is 8.48. The van der Waals surface area contributed by atoms with Crippen molar-refractivity contribution in [3.63, 3.8) is 0 Å². The van der Waals surface area contributed by atoms with Crippen molar-refractivity contribution in [3.05, 3.63) is 53.6 Å². The second-order valence-electron chi connectivity index (χ2n) is 11.3. The zero-order valence-corrected chi connectivity index (χ0v) is 23.5. The Morgan fingerprint density at radius 2 is 1.60 bits per heavy atom. The summed E-state index contributed by atoms with van der Waals surface area (Å²) in [6, 6.07) is 16.5. The summed E-state index contributed by atoms with van der Waals surface area (Å²) in [4.78, 5) is 31.3. The quantitative estimate of drug-likeness (QED) is 0.454. The fraction of sp³-hybridized carbons (Fsp3) is 0.531. The molecule has 0 bridgehead atoms. The lowest BCUT2D eigenvalue weighted by molar-refractivity contribution is -0.201. The van der Waals surface area contributed by atoms with Crippen molar-refractivity contribution in [2.24, 2.45) is 0 Å². The van der Waals surface area contributed by atoms with Gasteiger partial charge in [0.25, 0.3) is 11.8 Å². The van der Waals surface area contributed by atoms with E-state index in [0.29, 0.717) is 31.7 Å². The van der Waals surface area contributed by atoms with Crippen LogP contribution in [0.2, 0.25) is 0 Å². The second-order valence-corrected chi connectivity index (χ2v) is 11.3. The molecule has 5 rings (SSSR count). The van der Waals surface area contributed by atoms with Gasteiger partial charge in [0.1, 0.15) is 6.04 Å². The van der Waals surface area contributed by atoms with Crippen LogP contribution in [-0.4, -0.2) is 84.3 Å². The van der Waals surface area contributed by atoms with Gasteiger partial charge >= 0.3 is 0 Å². The van der Waals surface area contributed by atoms with E-state index in [2.05, 4.69) is 36.1 Å². The van der Waals surface area contributed by atoms with Crippen molar-refractivity contribution in [1.29, 1.82) is 5.26 Å². The number of piperazine rings is 1. The van der Waals surface area contributed by atoms with Crippen LogP contribution in [0.1, 0.15) is 61.4 Å². The molecule has 8 nitrogen and oxygen atoms in total. The molecule has 1 N–H and O–H groups in total. The van der Waals surface area contributed by atoms with Crippen LogP contribution in [0, 0.1) is 11.3 Å². The molecule has 2 fully saturated rings. The number of rotatable bonds is 10. The van der Waals surface area contributed by atoms with Crippen LogP contribution >= 0.6 is 0 Å². The molecule has 8 heteroatoms. The minimum Gasteiger partial charge on any atom is -0.376 e. The first-order chi connectivity index (χ1) is 19.4. The van der Waals surface area contributed by atoms with Crippen LogP contribution in [0.15, 0.2) is 42.5 Å². The molecule has 1 atom stereocenters. The summed E-state index contributed by atoms with van der Waals surface area (Å²) in [6.45, 7) is 4.91. The Morgan fingerprint density at radius 3 is 2.25 bits per heavy atom. The van der Waals surface area contributed by atoms with Crippen molar-refractivity contribution in [1.82, 2.24) is 9.80 Å². The third kappa shape index (κ3) is 5.86. The summed E-state index contributed by atoms with van der Waals surface area (Å²) < 4.78 is 5.00. The highest BCUT2D eigenvalue weighted by Gasteiger charge is 2.46. The van der Waals surface area contributed by atoms with Gasteiger partial charge in [0.15, 0.2) is 5.60 Å². The topological polar surface area (TPSA) is 97.1 Å². The monoisotopic (exact) mass is 544 g/mol. The first-order valence-corrected chi connectivity index (χ1v) is 14.7. The highest BCUT2D eigenvalue weighted by atomic mass is 16.5. The maximum absolute atomic E-state index is 13.1. The van der Waals surface area contributed by atoms with E-state index in [9.17, 15) is 20.0 Å². The Labute approximate surface area is 237 Å². The summed E-state index contributed by atoms with van der Waals surface area (Å²) in [7, 11) is 0. The van der Waals surface area contributed by atoms with Crippen molar-refractivity contribution in [2.45, 2.75) is 63.5 Å². The SMILES string of the molecule is CCCCCCCCN1c2ccc(-c3ccc(C(=O)N4CCN(C(=O)C5(O)COC5)CC4)cc3)cc2CC1C#N. The minimum atomic E-state index is -1.40. The highest BCUT2D eigenvalue weighted by molar-refractivity contribution is 5.95. The molecule has 3 aliphatic rings. The first-order valence-electron chi connectivity index (χ1n) is 14.7. The molecule has 3 aliphatic heterocycles. The van der Waals surface area contributed by atoms with E-state index in [1.165, 1.54) is 43.4 Å². The number of hydrogen-bond donors (Lipinski definition) is 1. The molecule has 2 aromatic carbocycles. The predicted octanol–water partition coefficient (Wildman–Crippen LogP) is 4.01. The molecule has 40 heavy (non-hydrogen) atoms. The number of carbonyl (C=O) groups excluding carboxylic acids is 2. The summed E-state index contributed by atoms with van der Waals surface area (Å²) in [5, 5.41) is 20.0. The molecule has 212 valence electrons. The summed E-state index contributed by atoms with van der Waals surface area (Å²) in [5.41, 5.74) is 3.71. The van der Waals surface area contributed by atoms with E-state index in [4.69, 9.17) is 4.74 Å². The Morgan fingerprint density at radius 1 is 0.950 bits per heavy atom. The van der Waals surface area contributed by atoms with Crippen molar-refractivity contribution >= 4 is 17.5 Å². The predicted molar refractivity (Wildman–Crippen MR) is 154 cm³/mol. The molecule has 2 aromatic rings. The fourth-order valence-electron chi connectivity index (χ4n) is 5.96. The summed E-state index contributed by atoms with van der Waals surface area (Å²) >= 11 is 0. The zero-order valence-electron chi connectivity index (χ0n) is 23.5. The van der Waals surface area contributed by atoms with Gasteiger partial charge in [0.2, 0.25) is 0 Å². The molecule has 2 amide bonds. The molecular weight excluding hydrogens is 504 g/mol. The number of aliphatic hydroxyl groups is 1. The van der Waals surface area contributed by atoms with Crippen molar-refractivity contribution in [3.8, 4) is 17.2 Å². The smallest absolute Gasteiger partial charge is 0.259 e. The molecule has 1 unspecified atom stereocenters. The Kier molecular flexibility index (Phi) is 8.72. The number of anilines is 1. The molecular formula is C32H40N4O4. The van der Waals surface area contributed by atoms with Crippen LogP contribution in [0.25, 0.3) is 11.1 Å². The Balaban J connectivity index is 1.18. The number of benzene rings is 2. The lowest BCUT2D eigenvalue weighted by atomic mass is 9.99. The number of unbranched alkanes of at least 4 members (excludes halogenated alkanes) is 5. The number of nitriles is 1. The normalized spacial score (nSPS) is 19.6. The van der Waals surface area contributed by atoms with Gasteiger partial charge in [-0.05, 0) is 47.4 Å². The molecule has 0 spiro atoms. The van der Waals surface area contributed by atoms with Crippen molar-refractivity contribution in [2.75, 3.05) is 50.8 Å². The van der Waals surface area contributed by atoms with Gasteiger partial charge in [0.05, 0.1) is 19.3 Å². The number of ether oxygens (including phenoxy) is 1. The van der Waals surface area contributed by atoms with E-state index < -0.39 is 5.60 Å². The third-order valence-electron chi connectivity index (χ3n) is 8.48. The highest BCUT2D eigenvalue weighted by Crippen LogP contribution is 2.36. The van der Waals surface area contributed by atoms with Crippen molar-refractivity contribution < 1.29 is 19.4 Å². The van der Waals surface area contributed by atoms with Gasteiger partial charge in [-0.25, -0.2) is 0 Å². The molecule has 0 radical (unpaired) electrons. The molecule has 0 saturated carbocycles. The van der Waals surface area contributed by atoms with E-state index in [1.54, 1.807) is 9.80 Å². The largest absolute Gasteiger partial charge is 0.376 e. The van der Waals surface area contributed by atoms with Crippen LogP contribution in [-0.2, 0) is 16.0 Å². The minimum absolute atomic E-state index is 0.0396. The standard InChI is InChI=1S/C32H40N4O4/c1-2-3-4-5-6-7-14-36-28(21-33)20-27-19-26(12-13-29(27)36)24-8-10-25(11-9-24)30(37)34-15-17-35(18-16-34)31(38)32(39)22-40-23-32/h8-13,19,28,39H,2-7,14-18,20,22-23H2,1H3. The average molecular weight is 545 g/mol. The number of carbonyl (C=O) groups is 2. The molecule has 0 aliphatic carbocycles. The Hall–Kier alpha value is -3.41. The van der Waals surface area contributed by atoms with Crippen LogP contribution in [0.5, 0.6) is 0 Å². The first kappa shape index (κ1) is 28.1. The molecule has 2 saturated heterocycles. The fourth-order valence-corrected chi connectivity index (χ4v) is 5.96. The summed E-state index contributed by atoms with van der Waals surface area (Å²) in [6.07, 6.45) is 8.17. The van der Waals surface area contributed by atoms with E-state index in [0.717, 1.165) is 30.5 Å². The maximum Gasteiger partial charge on any atom is 0.259 e.